The molecule has 0 saturated heterocycles. The molecule has 86 valence electrons. The van der Waals surface area contributed by atoms with Crippen LogP contribution in [-0.4, -0.2) is 22.3 Å². The maximum Gasteiger partial charge on any atom is 0.242 e. The highest BCUT2D eigenvalue weighted by atomic mass is 16.5. The lowest BCUT2D eigenvalue weighted by Crippen LogP contribution is -2.43. The van der Waals surface area contributed by atoms with Crippen molar-refractivity contribution in [3.05, 3.63) is 11.8 Å². The van der Waals surface area contributed by atoms with E-state index in [2.05, 4.69) is 24.0 Å². The van der Waals surface area contributed by atoms with Gasteiger partial charge in [0, 0.05) is 12.5 Å². The van der Waals surface area contributed by atoms with Gasteiger partial charge in [-0.2, -0.15) is 0 Å². The van der Waals surface area contributed by atoms with Gasteiger partial charge in [0.2, 0.25) is 11.8 Å². The normalized spacial score (nSPS) is 12.0. The lowest BCUT2D eigenvalue weighted by atomic mass is 9.96. The van der Waals surface area contributed by atoms with Crippen LogP contribution < -0.4 is 5.73 Å². The Kier molecular flexibility index (Phi) is 4.23. The molecule has 0 spiro atoms. The van der Waals surface area contributed by atoms with Crippen LogP contribution in [0.3, 0.4) is 0 Å². The van der Waals surface area contributed by atoms with Crippen LogP contribution in [-0.2, 0) is 11.3 Å². The second-order valence-electron chi connectivity index (χ2n) is 3.78. The summed E-state index contributed by atoms with van der Waals surface area (Å²) in [6.07, 6.45) is 1.79. The summed E-state index contributed by atoms with van der Waals surface area (Å²) < 4.78 is 10.6. The number of nitrogens with two attached hydrogens (primary N) is 1. The molecule has 0 aromatic carbocycles. The van der Waals surface area contributed by atoms with Crippen LogP contribution in [0.2, 0.25) is 0 Å². The van der Waals surface area contributed by atoms with Crippen LogP contribution in [0, 0.1) is 6.92 Å². The van der Waals surface area contributed by atoms with E-state index in [1.54, 1.807) is 6.92 Å². The summed E-state index contributed by atoms with van der Waals surface area (Å²) in [5.74, 6) is 1.06. The number of hydrogen-bond donors (Lipinski definition) is 1. The molecule has 0 aliphatic carbocycles. The van der Waals surface area contributed by atoms with Crippen molar-refractivity contribution in [2.45, 2.75) is 45.8 Å². The van der Waals surface area contributed by atoms with E-state index in [1.165, 1.54) is 0 Å². The molecule has 0 bridgehead atoms. The molecule has 0 fully saturated rings. The molecule has 0 amide bonds. The van der Waals surface area contributed by atoms with Gasteiger partial charge in [-0.25, -0.2) is 0 Å². The molecule has 0 unspecified atom stereocenters. The summed E-state index contributed by atoms with van der Waals surface area (Å²) in [4.78, 5) is 0. The van der Waals surface area contributed by atoms with Crippen molar-refractivity contribution in [2.75, 3.05) is 6.61 Å². The van der Waals surface area contributed by atoms with Gasteiger partial charge in [-0.15, -0.1) is 10.2 Å². The summed E-state index contributed by atoms with van der Waals surface area (Å²) in [6, 6.07) is 0. The molecule has 5 heteroatoms. The van der Waals surface area contributed by atoms with Gasteiger partial charge in [-0.1, -0.05) is 13.8 Å². The average Bonchev–Trinajstić information content (AvgIpc) is 2.64. The predicted molar refractivity (Wildman–Crippen MR) is 56.2 cm³/mol. The van der Waals surface area contributed by atoms with E-state index >= 15 is 0 Å². The van der Waals surface area contributed by atoms with Gasteiger partial charge in [0.15, 0.2) is 0 Å². The fourth-order valence-electron chi connectivity index (χ4n) is 1.19. The number of rotatable bonds is 6. The smallest absolute Gasteiger partial charge is 0.242 e. The molecule has 1 aromatic rings. The highest BCUT2D eigenvalue weighted by Crippen LogP contribution is 2.12. The second-order valence-corrected chi connectivity index (χ2v) is 3.78. The number of aromatic nitrogens is 2. The van der Waals surface area contributed by atoms with E-state index in [4.69, 9.17) is 14.9 Å². The minimum absolute atomic E-state index is 0.241. The largest absolute Gasteiger partial charge is 0.423 e. The Balaban J connectivity index is 2.32. The fraction of sp³-hybridized carbons (Fsp3) is 0.800. The first-order chi connectivity index (χ1) is 7.09. The molecule has 0 aliphatic rings. The first-order valence-corrected chi connectivity index (χ1v) is 5.25. The van der Waals surface area contributed by atoms with Crippen LogP contribution >= 0.6 is 0 Å². The van der Waals surface area contributed by atoms with Crippen molar-refractivity contribution in [3.63, 3.8) is 0 Å². The molecule has 0 aliphatic heterocycles. The topological polar surface area (TPSA) is 74.2 Å². The monoisotopic (exact) mass is 213 g/mol. The maximum atomic E-state index is 6.07. The van der Waals surface area contributed by atoms with Gasteiger partial charge in [0.05, 0.1) is 6.61 Å². The number of nitrogens with zero attached hydrogens (tertiary/aromatic N) is 2. The summed E-state index contributed by atoms with van der Waals surface area (Å²) in [7, 11) is 0. The van der Waals surface area contributed by atoms with E-state index in [0.717, 1.165) is 12.8 Å². The van der Waals surface area contributed by atoms with Gasteiger partial charge >= 0.3 is 0 Å². The third kappa shape index (κ3) is 3.60. The molecular formula is C10H19N3O2. The molecule has 1 heterocycles. The summed E-state index contributed by atoms with van der Waals surface area (Å²) in [5.41, 5.74) is 5.83. The van der Waals surface area contributed by atoms with E-state index in [1.807, 2.05) is 0 Å². The highest BCUT2D eigenvalue weighted by Gasteiger charge is 2.20. The SMILES string of the molecule is CCC(N)(CC)COCc1nnc(C)o1. The van der Waals surface area contributed by atoms with Crippen molar-refractivity contribution in [2.24, 2.45) is 5.73 Å². The Morgan fingerprint density at radius 2 is 2.00 bits per heavy atom. The van der Waals surface area contributed by atoms with Crippen LogP contribution in [0.25, 0.3) is 0 Å². The van der Waals surface area contributed by atoms with Crippen molar-refractivity contribution in [1.29, 1.82) is 0 Å². The third-order valence-corrected chi connectivity index (χ3v) is 2.59. The van der Waals surface area contributed by atoms with E-state index in [9.17, 15) is 0 Å². The number of ether oxygens (including phenoxy) is 1. The Morgan fingerprint density at radius 3 is 2.47 bits per heavy atom. The molecule has 1 rings (SSSR count). The third-order valence-electron chi connectivity index (χ3n) is 2.59. The molecule has 0 saturated carbocycles. The van der Waals surface area contributed by atoms with Crippen LogP contribution in [0.15, 0.2) is 4.42 Å². The molecule has 0 radical (unpaired) electrons. The molecular weight excluding hydrogens is 194 g/mol. The zero-order chi connectivity index (χ0) is 11.3. The van der Waals surface area contributed by atoms with Crippen molar-refractivity contribution in [3.8, 4) is 0 Å². The highest BCUT2D eigenvalue weighted by molar-refractivity contribution is 4.81. The summed E-state index contributed by atoms with van der Waals surface area (Å²) in [5, 5.41) is 7.55. The summed E-state index contributed by atoms with van der Waals surface area (Å²) in [6.45, 7) is 6.72. The molecule has 2 N–H and O–H groups in total. The van der Waals surface area contributed by atoms with Crippen molar-refractivity contribution < 1.29 is 9.15 Å². The molecule has 0 atom stereocenters. The zero-order valence-corrected chi connectivity index (χ0v) is 9.62. The molecule has 5 nitrogen and oxygen atoms in total. The fourth-order valence-corrected chi connectivity index (χ4v) is 1.19. The van der Waals surface area contributed by atoms with Crippen molar-refractivity contribution in [1.82, 2.24) is 10.2 Å². The first kappa shape index (κ1) is 12.1. The lowest BCUT2D eigenvalue weighted by molar-refractivity contribution is 0.0567. The quantitative estimate of drug-likeness (QED) is 0.773. The van der Waals surface area contributed by atoms with Crippen LogP contribution in [0.1, 0.15) is 38.5 Å². The Hall–Kier alpha value is -0.940. The van der Waals surface area contributed by atoms with E-state index in [0.29, 0.717) is 25.0 Å². The van der Waals surface area contributed by atoms with Gasteiger partial charge < -0.3 is 14.9 Å². The molecule has 1 aromatic heterocycles. The predicted octanol–water partition coefficient (Wildman–Crippen LogP) is 1.41. The average molecular weight is 213 g/mol. The van der Waals surface area contributed by atoms with E-state index in [-0.39, 0.29) is 5.54 Å². The Bertz CT molecular complexity index is 295. The minimum atomic E-state index is -0.241. The zero-order valence-electron chi connectivity index (χ0n) is 9.62. The van der Waals surface area contributed by atoms with Gasteiger partial charge in [0.1, 0.15) is 6.61 Å². The Morgan fingerprint density at radius 1 is 1.33 bits per heavy atom. The van der Waals surface area contributed by atoms with E-state index < -0.39 is 0 Å². The second kappa shape index (κ2) is 5.23. The number of hydrogen-bond acceptors (Lipinski definition) is 5. The number of aryl methyl sites for hydroxylation is 1. The van der Waals surface area contributed by atoms with Gasteiger partial charge in [0.25, 0.3) is 0 Å². The molecule has 15 heavy (non-hydrogen) atoms. The minimum Gasteiger partial charge on any atom is -0.423 e. The van der Waals surface area contributed by atoms with Gasteiger partial charge in [-0.05, 0) is 12.8 Å². The van der Waals surface area contributed by atoms with Crippen molar-refractivity contribution >= 4 is 0 Å². The van der Waals surface area contributed by atoms with Gasteiger partial charge in [-0.3, -0.25) is 0 Å². The summed E-state index contributed by atoms with van der Waals surface area (Å²) >= 11 is 0. The standard InChI is InChI=1S/C10H19N3O2/c1-4-10(11,5-2)7-14-6-9-13-12-8(3)15-9/h4-7,11H2,1-3H3. The maximum absolute atomic E-state index is 6.07. The first-order valence-electron chi connectivity index (χ1n) is 5.25. The lowest BCUT2D eigenvalue weighted by Gasteiger charge is -2.25. The Labute approximate surface area is 90.0 Å². The van der Waals surface area contributed by atoms with Crippen LogP contribution in [0.4, 0.5) is 0 Å². The van der Waals surface area contributed by atoms with Crippen LogP contribution in [0.5, 0.6) is 0 Å².